The number of sulfonamides is 1. The van der Waals surface area contributed by atoms with Crippen LogP contribution in [0.3, 0.4) is 0 Å². The van der Waals surface area contributed by atoms with Crippen molar-refractivity contribution < 1.29 is 13.2 Å². The van der Waals surface area contributed by atoms with E-state index in [4.69, 9.17) is 4.74 Å². The predicted octanol–water partition coefficient (Wildman–Crippen LogP) is 5.38. The van der Waals surface area contributed by atoms with Crippen molar-refractivity contribution >= 4 is 21.6 Å². The number of rotatable bonds is 6. The van der Waals surface area contributed by atoms with Gasteiger partial charge in [-0.05, 0) is 49.6 Å². The van der Waals surface area contributed by atoms with Crippen LogP contribution in [0.25, 0.3) is 5.70 Å². The quantitative estimate of drug-likeness (QED) is 0.441. The van der Waals surface area contributed by atoms with Crippen molar-refractivity contribution in [3.63, 3.8) is 0 Å². The molecule has 6 nitrogen and oxygen atoms in total. The molecule has 2 atom stereocenters. The normalized spacial score (nSPS) is 22.1. The molecule has 0 saturated carbocycles. The smallest absolute Gasteiger partial charge is 0.283 e. The van der Waals surface area contributed by atoms with Crippen molar-refractivity contribution in [2.45, 2.75) is 32.2 Å². The van der Waals surface area contributed by atoms with E-state index in [1.165, 1.54) is 0 Å². The zero-order valence-electron chi connectivity index (χ0n) is 22.0. The topological polar surface area (TPSA) is 62.2 Å². The molecule has 0 amide bonds. The number of likely N-dealkylation sites (N-methyl/N-ethyl adjacent to an activating group) is 2. The average Bonchev–Trinajstić information content (AvgIpc) is 3.32. The molecule has 0 fully saturated rings. The van der Waals surface area contributed by atoms with Crippen molar-refractivity contribution in [2.75, 3.05) is 27.2 Å². The number of nitrogens with zero attached hydrogens (tertiary/aromatic N) is 3. The first kappa shape index (κ1) is 25.1. The molecule has 0 unspecified atom stereocenters. The minimum absolute atomic E-state index is 0.329. The van der Waals surface area contributed by atoms with Crippen molar-refractivity contribution in [3.8, 4) is 5.75 Å². The molecule has 5 rings (SSSR count). The van der Waals surface area contributed by atoms with Crippen molar-refractivity contribution in [1.29, 1.82) is 0 Å². The molecule has 3 aromatic carbocycles. The average molecular weight is 516 g/mol. The van der Waals surface area contributed by atoms with Crippen LogP contribution in [0, 0.1) is 6.92 Å². The third-order valence-electron chi connectivity index (χ3n) is 7.59. The van der Waals surface area contributed by atoms with Crippen molar-refractivity contribution in [2.24, 2.45) is 4.40 Å². The molecule has 0 spiro atoms. The zero-order chi connectivity index (χ0) is 26.4. The number of ether oxygens (including phenoxy) is 1. The first-order valence-corrected chi connectivity index (χ1v) is 14.1. The molecule has 192 valence electrons. The van der Waals surface area contributed by atoms with E-state index in [-0.39, 0.29) is 6.04 Å². The van der Waals surface area contributed by atoms with Crippen LogP contribution in [0.5, 0.6) is 5.75 Å². The molecule has 0 aromatic heterocycles. The Labute approximate surface area is 220 Å². The van der Waals surface area contributed by atoms with Crippen LogP contribution >= 0.6 is 0 Å². The largest absolute Gasteiger partial charge is 0.497 e. The fourth-order valence-electron chi connectivity index (χ4n) is 5.93. The summed E-state index contributed by atoms with van der Waals surface area (Å²) >= 11 is 0. The van der Waals surface area contributed by atoms with Gasteiger partial charge in [0.25, 0.3) is 10.0 Å². The van der Waals surface area contributed by atoms with Crippen LogP contribution in [0.2, 0.25) is 0 Å². The van der Waals surface area contributed by atoms with Gasteiger partial charge in [-0.1, -0.05) is 72.3 Å². The van der Waals surface area contributed by atoms with Crippen LogP contribution < -0.4 is 4.74 Å². The number of fused-ring (bicyclic) bond motifs is 1. The summed E-state index contributed by atoms with van der Waals surface area (Å²) in [5.74, 6) is 1.29. The number of aryl methyl sites for hydroxylation is 1. The van der Waals surface area contributed by atoms with Crippen molar-refractivity contribution in [3.05, 3.63) is 106 Å². The number of methoxy groups -OCH3 is 1. The molecule has 0 radical (unpaired) electrons. The summed E-state index contributed by atoms with van der Waals surface area (Å²) in [6.07, 6.45) is 0. The highest BCUT2D eigenvalue weighted by Crippen LogP contribution is 2.61. The Morgan fingerprint density at radius 3 is 2.14 bits per heavy atom. The van der Waals surface area contributed by atoms with E-state index in [9.17, 15) is 8.42 Å². The summed E-state index contributed by atoms with van der Waals surface area (Å²) in [4.78, 5) is 4.55. The molecular weight excluding hydrogens is 482 g/mol. The third-order valence-corrected chi connectivity index (χ3v) is 9.03. The summed E-state index contributed by atoms with van der Waals surface area (Å²) in [6, 6.07) is 25.7. The summed E-state index contributed by atoms with van der Waals surface area (Å²) in [7, 11) is -0.358. The lowest BCUT2D eigenvalue weighted by Gasteiger charge is -2.41. The van der Waals surface area contributed by atoms with Crippen LogP contribution in [0.15, 0.2) is 88.2 Å². The van der Waals surface area contributed by atoms with Gasteiger partial charge in [0.15, 0.2) is 0 Å². The Kier molecular flexibility index (Phi) is 6.36. The molecule has 2 aliphatic rings. The Morgan fingerprint density at radius 2 is 1.57 bits per heavy atom. The van der Waals surface area contributed by atoms with Gasteiger partial charge < -0.3 is 14.5 Å². The first-order chi connectivity index (χ1) is 17.8. The minimum atomic E-state index is -3.99. The van der Waals surface area contributed by atoms with E-state index in [0.29, 0.717) is 35.3 Å². The van der Waals surface area contributed by atoms with E-state index in [1.807, 2.05) is 94.5 Å². The maximum Gasteiger partial charge on any atom is 0.283 e. The number of hydrogen-bond acceptors (Lipinski definition) is 5. The van der Waals surface area contributed by atoms with Crippen LogP contribution in [0.4, 0.5) is 0 Å². The third kappa shape index (κ3) is 3.75. The maximum absolute atomic E-state index is 14.1. The molecule has 2 heterocycles. The molecular formula is C30H33N3O3S. The lowest BCUT2D eigenvalue weighted by atomic mass is 9.71. The molecule has 37 heavy (non-hydrogen) atoms. The molecule has 3 aromatic rings. The predicted molar refractivity (Wildman–Crippen MR) is 149 cm³/mol. The van der Waals surface area contributed by atoms with E-state index < -0.39 is 15.4 Å². The van der Waals surface area contributed by atoms with Gasteiger partial charge in [0.05, 0.1) is 18.8 Å². The Bertz CT molecular complexity index is 1460. The van der Waals surface area contributed by atoms with Gasteiger partial charge in [0.2, 0.25) is 0 Å². The van der Waals surface area contributed by atoms with E-state index in [0.717, 1.165) is 22.3 Å². The van der Waals surface area contributed by atoms with Gasteiger partial charge in [-0.2, -0.15) is 8.42 Å². The summed E-state index contributed by atoms with van der Waals surface area (Å²) < 4.78 is 38.3. The molecule has 0 aliphatic carbocycles. The number of hydrogen-bond donors (Lipinski definition) is 0. The number of amidine groups is 1. The van der Waals surface area contributed by atoms with Crippen molar-refractivity contribution in [1.82, 2.24) is 9.80 Å². The fraction of sp³-hybridized carbons (Fsp3) is 0.300. The first-order valence-electron chi connectivity index (χ1n) is 12.6. The number of benzene rings is 3. The second-order valence-corrected chi connectivity index (χ2v) is 11.1. The highest BCUT2D eigenvalue weighted by Gasteiger charge is 2.65. The Balaban J connectivity index is 1.93. The fourth-order valence-corrected chi connectivity index (χ4v) is 7.74. The second kappa shape index (κ2) is 9.38. The summed E-state index contributed by atoms with van der Waals surface area (Å²) in [6.45, 7) is 7.39. The summed E-state index contributed by atoms with van der Waals surface area (Å²) in [5, 5.41) is 0. The standard InChI is InChI=1S/C30H33N3O3S/c1-6-33(7-2)29-30(24-17-19-25(36-5)20-18-24)27(23-11-9-8-10-12-23)32(4)26(28(30)37(34,35)31-29)22-15-13-21(3)14-16-22/h8-20,27H,6-7H2,1-5H3/t27-,30+/m0/s1. The lowest BCUT2D eigenvalue weighted by molar-refractivity contribution is 0.305. The summed E-state index contributed by atoms with van der Waals surface area (Å²) in [5.41, 5.74) is 3.53. The van der Waals surface area contributed by atoms with Gasteiger partial charge in [-0.15, -0.1) is 4.40 Å². The van der Waals surface area contributed by atoms with Gasteiger partial charge in [-0.3, -0.25) is 0 Å². The Hall–Kier alpha value is -3.58. The molecule has 7 heteroatoms. The van der Waals surface area contributed by atoms with Gasteiger partial charge in [0, 0.05) is 20.1 Å². The van der Waals surface area contributed by atoms with Crippen LogP contribution in [0.1, 0.15) is 42.1 Å². The van der Waals surface area contributed by atoms with E-state index in [2.05, 4.69) is 26.3 Å². The monoisotopic (exact) mass is 515 g/mol. The van der Waals surface area contributed by atoms with Crippen LogP contribution in [-0.4, -0.2) is 51.3 Å². The highest BCUT2D eigenvalue weighted by atomic mass is 32.2. The molecule has 0 N–H and O–H groups in total. The van der Waals surface area contributed by atoms with E-state index >= 15 is 0 Å². The van der Waals surface area contributed by atoms with Gasteiger partial charge in [0.1, 0.15) is 21.9 Å². The maximum atomic E-state index is 14.1. The lowest BCUT2D eigenvalue weighted by Crippen LogP contribution is -2.49. The molecule has 2 aliphatic heterocycles. The van der Waals surface area contributed by atoms with E-state index in [1.54, 1.807) is 7.11 Å². The minimum Gasteiger partial charge on any atom is -0.497 e. The highest BCUT2D eigenvalue weighted by molar-refractivity contribution is 7.95. The molecule has 0 saturated heterocycles. The van der Waals surface area contributed by atoms with Crippen LogP contribution in [-0.2, 0) is 15.4 Å². The zero-order valence-corrected chi connectivity index (χ0v) is 22.8. The SMILES string of the molecule is CCN(CC)C1=NS(=O)(=O)C2=C(c3ccc(C)cc3)N(C)[C@@H](c3ccccc3)[C@@]12c1ccc(OC)cc1. The van der Waals surface area contributed by atoms with Gasteiger partial charge in [-0.25, -0.2) is 0 Å². The second-order valence-electron chi connectivity index (χ2n) is 9.57. The van der Waals surface area contributed by atoms with Gasteiger partial charge >= 0.3 is 0 Å². The molecule has 0 bridgehead atoms. The Morgan fingerprint density at radius 1 is 0.946 bits per heavy atom.